The predicted octanol–water partition coefficient (Wildman–Crippen LogP) is 2.00. The van der Waals surface area contributed by atoms with E-state index in [1.807, 2.05) is 0 Å². The van der Waals surface area contributed by atoms with Gasteiger partial charge in [0.2, 0.25) is 0 Å². The van der Waals surface area contributed by atoms with E-state index < -0.39 is 5.91 Å². The van der Waals surface area contributed by atoms with Crippen molar-refractivity contribution in [3.63, 3.8) is 0 Å². The number of carbonyl (C=O) groups excluding carboxylic acids is 1. The summed E-state index contributed by atoms with van der Waals surface area (Å²) in [5.41, 5.74) is -0.0667. The Morgan fingerprint density at radius 2 is 2.00 bits per heavy atom. The van der Waals surface area contributed by atoms with Crippen molar-refractivity contribution in [3.05, 3.63) is 23.8 Å². The second-order valence-electron chi connectivity index (χ2n) is 4.23. The largest absolute Gasteiger partial charge is 0.507 e. The van der Waals surface area contributed by atoms with E-state index in [0.717, 1.165) is 0 Å². The Hall–Kier alpha value is -1.23. The lowest BCUT2D eigenvalue weighted by Crippen LogP contribution is -2.30. The van der Waals surface area contributed by atoms with E-state index in [0.29, 0.717) is 12.5 Å². The average molecular weight is 300 g/mol. The minimum atomic E-state index is -0.453. The molecular weight excluding hydrogens is 286 g/mol. The molecule has 4 nitrogen and oxygen atoms in total. The van der Waals surface area contributed by atoms with E-state index in [-0.39, 0.29) is 21.9 Å². The van der Waals surface area contributed by atoms with Gasteiger partial charge in [0.05, 0.1) is 0 Å². The monoisotopic (exact) mass is 299 g/mol. The van der Waals surface area contributed by atoms with Crippen LogP contribution in [0.5, 0.6) is 11.5 Å². The van der Waals surface area contributed by atoms with Gasteiger partial charge in [0.25, 0.3) is 5.91 Å². The molecular formula is C12H14BrNO3. The number of nitrogens with one attached hydrogen (secondary N) is 1. The molecule has 1 fully saturated rings. The average Bonchev–Trinajstić information content (AvgIpc) is 3.09. The maximum atomic E-state index is 11.8. The number of benzene rings is 1. The smallest absolute Gasteiger partial charge is 0.258 e. The number of phenols is 2. The van der Waals surface area contributed by atoms with Crippen LogP contribution in [0.2, 0.25) is 0 Å². The van der Waals surface area contributed by atoms with Crippen LogP contribution in [0, 0.1) is 5.92 Å². The van der Waals surface area contributed by atoms with E-state index >= 15 is 0 Å². The van der Waals surface area contributed by atoms with E-state index in [1.54, 1.807) is 0 Å². The highest BCUT2D eigenvalue weighted by Gasteiger charge is 2.29. The van der Waals surface area contributed by atoms with Crippen LogP contribution < -0.4 is 5.32 Å². The lowest BCUT2D eigenvalue weighted by Gasteiger charge is -2.11. The summed E-state index contributed by atoms with van der Waals surface area (Å²) < 4.78 is 0. The number of halogens is 1. The van der Waals surface area contributed by atoms with Gasteiger partial charge in [0, 0.05) is 11.4 Å². The van der Waals surface area contributed by atoms with Crippen LogP contribution in [0.25, 0.3) is 0 Å². The van der Waals surface area contributed by atoms with Gasteiger partial charge in [-0.2, -0.15) is 0 Å². The zero-order valence-electron chi connectivity index (χ0n) is 9.19. The minimum Gasteiger partial charge on any atom is -0.507 e. The van der Waals surface area contributed by atoms with Gasteiger partial charge in [0.1, 0.15) is 17.1 Å². The lowest BCUT2D eigenvalue weighted by molar-refractivity contribution is 0.0948. The summed E-state index contributed by atoms with van der Waals surface area (Å²) >= 11 is 3.50. The summed E-state index contributed by atoms with van der Waals surface area (Å²) in [6.07, 6.45) is 2.38. The summed E-state index contributed by atoms with van der Waals surface area (Å²) in [6, 6.07) is 4.24. The first kappa shape index (κ1) is 12.2. The highest BCUT2D eigenvalue weighted by atomic mass is 79.9. The molecule has 0 aliphatic heterocycles. The second-order valence-corrected chi connectivity index (χ2v) is 5.41. The Morgan fingerprint density at radius 3 is 2.53 bits per heavy atom. The number of amides is 1. The van der Waals surface area contributed by atoms with E-state index in [1.165, 1.54) is 31.0 Å². The van der Waals surface area contributed by atoms with Crippen molar-refractivity contribution >= 4 is 21.8 Å². The number of carbonyl (C=O) groups is 1. The van der Waals surface area contributed by atoms with Gasteiger partial charge >= 0.3 is 0 Å². The SMILES string of the molecule is O=C(NCC(Br)C1CC1)c1c(O)cccc1O. The molecule has 2 rings (SSSR count). The number of alkyl halides is 1. The van der Waals surface area contributed by atoms with Gasteiger partial charge in [-0.3, -0.25) is 4.79 Å². The minimum absolute atomic E-state index is 0.0667. The van der Waals surface area contributed by atoms with Crippen LogP contribution in [0.1, 0.15) is 23.2 Å². The third kappa shape index (κ3) is 2.91. The van der Waals surface area contributed by atoms with Gasteiger partial charge in [-0.1, -0.05) is 22.0 Å². The first-order chi connectivity index (χ1) is 8.09. The molecule has 17 heavy (non-hydrogen) atoms. The molecule has 1 aromatic rings. The van der Waals surface area contributed by atoms with Crippen molar-refractivity contribution in [1.82, 2.24) is 5.32 Å². The Morgan fingerprint density at radius 1 is 1.41 bits per heavy atom. The molecule has 92 valence electrons. The molecule has 1 amide bonds. The molecule has 0 aromatic heterocycles. The molecule has 0 saturated heterocycles. The molecule has 0 heterocycles. The van der Waals surface area contributed by atoms with E-state index in [2.05, 4.69) is 21.2 Å². The summed E-state index contributed by atoms with van der Waals surface area (Å²) in [5.74, 6) is -0.237. The van der Waals surface area contributed by atoms with Crippen molar-refractivity contribution in [2.24, 2.45) is 5.92 Å². The van der Waals surface area contributed by atoms with Crippen molar-refractivity contribution in [3.8, 4) is 11.5 Å². The highest BCUT2D eigenvalue weighted by Crippen LogP contribution is 2.36. The standard InChI is InChI=1S/C12H14BrNO3/c13-8(7-4-5-7)6-14-12(17)11-9(15)2-1-3-10(11)16/h1-3,7-8,15-16H,4-6H2,(H,14,17). The molecule has 0 radical (unpaired) electrons. The topological polar surface area (TPSA) is 69.6 Å². The van der Waals surface area contributed by atoms with Gasteiger partial charge in [0.15, 0.2) is 0 Å². The van der Waals surface area contributed by atoms with Gasteiger partial charge in [-0.05, 0) is 30.9 Å². The van der Waals surface area contributed by atoms with Crippen molar-refractivity contribution in [1.29, 1.82) is 0 Å². The van der Waals surface area contributed by atoms with Crippen LogP contribution in [-0.4, -0.2) is 27.5 Å². The molecule has 0 spiro atoms. The fraction of sp³-hybridized carbons (Fsp3) is 0.417. The number of aromatic hydroxyl groups is 2. The van der Waals surface area contributed by atoms with Crippen LogP contribution in [-0.2, 0) is 0 Å². The maximum absolute atomic E-state index is 11.8. The number of hydrogen-bond donors (Lipinski definition) is 3. The molecule has 1 aliphatic rings. The fourth-order valence-electron chi connectivity index (χ4n) is 1.66. The van der Waals surface area contributed by atoms with Crippen molar-refractivity contribution in [2.45, 2.75) is 17.7 Å². The summed E-state index contributed by atoms with van der Waals surface area (Å²) in [7, 11) is 0. The van der Waals surface area contributed by atoms with Crippen molar-refractivity contribution in [2.75, 3.05) is 6.54 Å². The van der Waals surface area contributed by atoms with Crippen LogP contribution in [0.4, 0.5) is 0 Å². The summed E-state index contributed by atoms with van der Waals surface area (Å²) in [5, 5.41) is 21.7. The number of phenolic OH excluding ortho intramolecular Hbond substituents is 2. The zero-order valence-corrected chi connectivity index (χ0v) is 10.8. The normalized spacial score (nSPS) is 16.5. The maximum Gasteiger partial charge on any atom is 0.258 e. The zero-order chi connectivity index (χ0) is 12.4. The lowest BCUT2D eigenvalue weighted by atomic mass is 10.1. The van der Waals surface area contributed by atoms with E-state index in [9.17, 15) is 15.0 Å². The molecule has 5 heteroatoms. The third-order valence-electron chi connectivity index (χ3n) is 2.84. The Labute approximate surface area is 108 Å². The Balaban J connectivity index is 1.99. The van der Waals surface area contributed by atoms with Gasteiger partial charge < -0.3 is 15.5 Å². The van der Waals surface area contributed by atoms with E-state index in [4.69, 9.17) is 0 Å². The molecule has 3 N–H and O–H groups in total. The summed E-state index contributed by atoms with van der Waals surface area (Å²) in [6.45, 7) is 0.497. The molecule has 1 saturated carbocycles. The Bertz CT molecular complexity index is 412. The van der Waals surface area contributed by atoms with Gasteiger partial charge in [-0.15, -0.1) is 0 Å². The first-order valence-corrected chi connectivity index (χ1v) is 6.44. The molecule has 1 aliphatic carbocycles. The predicted molar refractivity (Wildman–Crippen MR) is 67.5 cm³/mol. The highest BCUT2D eigenvalue weighted by molar-refractivity contribution is 9.09. The van der Waals surface area contributed by atoms with Crippen molar-refractivity contribution < 1.29 is 15.0 Å². The second kappa shape index (κ2) is 4.96. The first-order valence-electron chi connectivity index (χ1n) is 5.53. The molecule has 1 atom stereocenters. The van der Waals surface area contributed by atoms with Gasteiger partial charge in [-0.25, -0.2) is 0 Å². The Kier molecular flexibility index (Phi) is 3.57. The van der Waals surface area contributed by atoms with Crippen LogP contribution >= 0.6 is 15.9 Å². The molecule has 0 bridgehead atoms. The quantitative estimate of drug-likeness (QED) is 0.745. The van der Waals surface area contributed by atoms with Crippen LogP contribution in [0.15, 0.2) is 18.2 Å². The molecule has 1 unspecified atom stereocenters. The third-order valence-corrected chi connectivity index (χ3v) is 3.91. The fourth-order valence-corrected chi connectivity index (χ4v) is 2.35. The number of rotatable bonds is 4. The summed E-state index contributed by atoms with van der Waals surface area (Å²) in [4.78, 5) is 12.0. The number of hydrogen-bond acceptors (Lipinski definition) is 3. The van der Waals surface area contributed by atoms with Crippen LogP contribution in [0.3, 0.4) is 0 Å². The molecule has 1 aromatic carbocycles.